The van der Waals surface area contributed by atoms with E-state index in [0.717, 1.165) is 13.2 Å². The van der Waals surface area contributed by atoms with Crippen molar-refractivity contribution in [3.05, 3.63) is 0 Å². The maximum absolute atomic E-state index is 5.45. The molecular weight excluding hydrogens is 128 g/mol. The van der Waals surface area contributed by atoms with Crippen molar-refractivity contribution in [1.29, 1.82) is 0 Å². The average molecular weight is 142 g/mol. The Kier molecular flexibility index (Phi) is 1.66. The van der Waals surface area contributed by atoms with Gasteiger partial charge in [-0.15, -0.1) is 0 Å². The Hall–Kier alpha value is -0.0800. The molecule has 0 bridgehead atoms. The van der Waals surface area contributed by atoms with E-state index in [-0.39, 0.29) is 6.29 Å². The summed E-state index contributed by atoms with van der Waals surface area (Å²) in [6.45, 7) is 4.04. The van der Waals surface area contributed by atoms with Crippen molar-refractivity contribution >= 4 is 0 Å². The lowest BCUT2D eigenvalue weighted by Crippen LogP contribution is -2.27. The van der Waals surface area contributed by atoms with Crippen molar-refractivity contribution in [3.8, 4) is 0 Å². The van der Waals surface area contributed by atoms with E-state index in [9.17, 15) is 0 Å². The molecule has 3 atom stereocenters. The van der Waals surface area contributed by atoms with Crippen molar-refractivity contribution in [1.82, 2.24) is 0 Å². The maximum atomic E-state index is 5.45. The van der Waals surface area contributed by atoms with Crippen LogP contribution in [-0.4, -0.2) is 19.5 Å². The van der Waals surface area contributed by atoms with Crippen LogP contribution in [-0.2, 0) is 9.47 Å². The molecule has 0 spiro atoms. The Bertz CT molecular complexity index is 122. The summed E-state index contributed by atoms with van der Waals surface area (Å²) in [4.78, 5) is 0. The standard InChI is InChI=1S/C8H14O2/c1-6-5-10-8-7(6)3-2-4-9-8/h6-8H,2-5H2,1H3/t6-,7?,8?/m0/s1. The van der Waals surface area contributed by atoms with Gasteiger partial charge < -0.3 is 9.47 Å². The highest BCUT2D eigenvalue weighted by Crippen LogP contribution is 2.34. The minimum atomic E-state index is 0.142. The molecule has 0 aromatic rings. The first-order valence-corrected chi connectivity index (χ1v) is 4.11. The highest BCUT2D eigenvalue weighted by molar-refractivity contribution is 4.78. The highest BCUT2D eigenvalue weighted by atomic mass is 16.7. The van der Waals surface area contributed by atoms with Crippen LogP contribution in [0.15, 0.2) is 0 Å². The van der Waals surface area contributed by atoms with E-state index >= 15 is 0 Å². The molecule has 2 saturated heterocycles. The van der Waals surface area contributed by atoms with Crippen LogP contribution in [0.1, 0.15) is 19.8 Å². The second kappa shape index (κ2) is 2.51. The van der Waals surface area contributed by atoms with Crippen molar-refractivity contribution in [2.45, 2.75) is 26.1 Å². The summed E-state index contributed by atoms with van der Waals surface area (Å²) in [6, 6.07) is 0. The zero-order chi connectivity index (χ0) is 6.97. The SMILES string of the molecule is C[C@H]1COC2OCCCC21. The van der Waals surface area contributed by atoms with Gasteiger partial charge in [0.25, 0.3) is 0 Å². The van der Waals surface area contributed by atoms with E-state index < -0.39 is 0 Å². The van der Waals surface area contributed by atoms with Gasteiger partial charge in [-0.25, -0.2) is 0 Å². The summed E-state index contributed by atoms with van der Waals surface area (Å²) in [5.41, 5.74) is 0. The molecule has 0 radical (unpaired) electrons. The lowest BCUT2D eigenvalue weighted by molar-refractivity contribution is -0.151. The molecule has 58 valence electrons. The molecule has 0 amide bonds. The fraction of sp³-hybridized carbons (Fsp3) is 1.00. The largest absolute Gasteiger partial charge is 0.352 e. The number of hydrogen-bond acceptors (Lipinski definition) is 2. The number of fused-ring (bicyclic) bond motifs is 1. The predicted molar refractivity (Wildman–Crippen MR) is 37.6 cm³/mol. The van der Waals surface area contributed by atoms with Crippen LogP contribution in [0.25, 0.3) is 0 Å². The first-order chi connectivity index (χ1) is 4.88. The van der Waals surface area contributed by atoms with Gasteiger partial charge >= 0.3 is 0 Å². The third-order valence-corrected chi connectivity index (χ3v) is 2.57. The van der Waals surface area contributed by atoms with Crippen molar-refractivity contribution in [2.75, 3.05) is 13.2 Å². The first kappa shape index (κ1) is 6.62. The Labute approximate surface area is 61.5 Å². The molecular formula is C8H14O2. The molecule has 0 aromatic carbocycles. The van der Waals surface area contributed by atoms with Crippen molar-refractivity contribution in [2.24, 2.45) is 11.8 Å². The van der Waals surface area contributed by atoms with Crippen LogP contribution in [0.5, 0.6) is 0 Å². The minimum absolute atomic E-state index is 0.142. The molecule has 2 aliphatic rings. The fourth-order valence-electron chi connectivity index (χ4n) is 1.87. The third kappa shape index (κ3) is 0.956. The predicted octanol–water partition coefficient (Wildman–Crippen LogP) is 1.41. The zero-order valence-corrected chi connectivity index (χ0v) is 6.38. The molecule has 0 saturated carbocycles. The molecule has 2 heteroatoms. The van der Waals surface area contributed by atoms with Crippen molar-refractivity contribution < 1.29 is 9.47 Å². The van der Waals surface area contributed by atoms with Crippen LogP contribution in [0.2, 0.25) is 0 Å². The molecule has 2 fully saturated rings. The summed E-state index contributed by atoms with van der Waals surface area (Å²) in [6.07, 6.45) is 2.66. The monoisotopic (exact) mass is 142 g/mol. The van der Waals surface area contributed by atoms with Crippen LogP contribution >= 0.6 is 0 Å². The number of hydrogen-bond donors (Lipinski definition) is 0. The first-order valence-electron chi connectivity index (χ1n) is 4.11. The van der Waals surface area contributed by atoms with E-state index in [1.165, 1.54) is 12.8 Å². The van der Waals surface area contributed by atoms with Gasteiger partial charge in [-0.1, -0.05) is 6.92 Å². The van der Waals surface area contributed by atoms with Gasteiger partial charge in [0.1, 0.15) is 0 Å². The molecule has 0 N–H and O–H groups in total. The summed E-state index contributed by atoms with van der Waals surface area (Å²) in [5.74, 6) is 1.40. The van der Waals surface area contributed by atoms with Gasteiger partial charge in [-0.05, 0) is 18.8 Å². The topological polar surface area (TPSA) is 18.5 Å². The molecule has 2 nitrogen and oxygen atoms in total. The quantitative estimate of drug-likeness (QED) is 0.509. The van der Waals surface area contributed by atoms with E-state index in [2.05, 4.69) is 6.92 Å². The Morgan fingerprint density at radius 3 is 3.00 bits per heavy atom. The van der Waals surface area contributed by atoms with Gasteiger partial charge in [-0.3, -0.25) is 0 Å². The summed E-state index contributed by atoms with van der Waals surface area (Å²) in [5, 5.41) is 0. The van der Waals surface area contributed by atoms with Crippen LogP contribution in [0.4, 0.5) is 0 Å². The van der Waals surface area contributed by atoms with Crippen LogP contribution in [0.3, 0.4) is 0 Å². The van der Waals surface area contributed by atoms with Gasteiger partial charge in [0.15, 0.2) is 6.29 Å². The molecule has 10 heavy (non-hydrogen) atoms. The smallest absolute Gasteiger partial charge is 0.160 e. The summed E-state index contributed by atoms with van der Waals surface area (Å²) in [7, 11) is 0. The Balaban J connectivity index is 2.01. The summed E-state index contributed by atoms with van der Waals surface area (Å²) < 4.78 is 10.9. The molecule has 2 aliphatic heterocycles. The molecule has 0 aromatic heterocycles. The molecule has 2 heterocycles. The average Bonchev–Trinajstić information content (AvgIpc) is 2.34. The van der Waals surface area contributed by atoms with Gasteiger partial charge in [-0.2, -0.15) is 0 Å². The number of rotatable bonds is 0. The minimum Gasteiger partial charge on any atom is -0.352 e. The molecule has 0 aliphatic carbocycles. The molecule has 2 unspecified atom stereocenters. The number of ether oxygens (including phenoxy) is 2. The lowest BCUT2D eigenvalue weighted by atomic mass is 9.91. The fourth-order valence-corrected chi connectivity index (χ4v) is 1.87. The Morgan fingerprint density at radius 1 is 1.30 bits per heavy atom. The maximum Gasteiger partial charge on any atom is 0.160 e. The lowest BCUT2D eigenvalue weighted by Gasteiger charge is -2.25. The second-order valence-electron chi connectivity index (χ2n) is 3.36. The van der Waals surface area contributed by atoms with Gasteiger partial charge in [0.2, 0.25) is 0 Å². The summed E-state index contributed by atoms with van der Waals surface area (Å²) >= 11 is 0. The van der Waals surface area contributed by atoms with E-state index in [4.69, 9.17) is 9.47 Å². The van der Waals surface area contributed by atoms with Gasteiger partial charge in [0, 0.05) is 12.5 Å². The van der Waals surface area contributed by atoms with E-state index in [0.29, 0.717) is 11.8 Å². The van der Waals surface area contributed by atoms with Crippen molar-refractivity contribution in [3.63, 3.8) is 0 Å². The second-order valence-corrected chi connectivity index (χ2v) is 3.36. The molecule has 2 rings (SSSR count). The van der Waals surface area contributed by atoms with Gasteiger partial charge in [0.05, 0.1) is 6.61 Å². The third-order valence-electron chi connectivity index (χ3n) is 2.57. The van der Waals surface area contributed by atoms with E-state index in [1.54, 1.807) is 0 Å². The van der Waals surface area contributed by atoms with Crippen LogP contribution in [0, 0.1) is 11.8 Å². The normalized spacial score (nSPS) is 47.1. The van der Waals surface area contributed by atoms with Crippen LogP contribution < -0.4 is 0 Å². The van der Waals surface area contributed by atoms with E-state index in [1.807, 2.05) is 0 Å². The zero-order valence-electron chi connectivity index (χ0n) is 6.38. The highest BCUT2D eigenvalue weighted by Gasteiger charge is 2.36. The Morgan fingerprint density at radius 2 is 2.20 bits per heavy atom.